The maximum Gasteiger partial charge on any atom is 0.292 e. The molecule has 1 aliphatic heterocycles. The second-order valence-electron chi connectivity index (χ2n) is 4.26. The molecule has 0 radical (unpaired) electrons. The fourth-order valence-corrected chi connectivity index (χ4v) is 2.22. The third kappa shape index (κ3) is 2.76. The topological polar surface area (TPSA) is 49.6 Å². The summed E-state index contributed by atoms with van der Waals surface area (Å²) in [5.74, 6) is 0. The molecule has 1 aromatic rings. The van der Waals surface area contributed by atoms with Crippen molar-refractivity contribution >= 4 is 11.4 Å². The van der Waals surface area contributed by atoms with Gasteiger partial charge in [-0.15, -0.1) is 0 Å². The van der Waals surface area contributed by atoms with Crippen LogP contribution in [0.25, 0.3) is 0 Å². The average Bonchev–Trinajstić information content (AvgIpc) is 2.40. The lowest BCUT2D eigenvalue weighted by atomic mass is 10.2. The first-order valence-electron chi connectivity index (χ1n) is 5.99. The van der Waals surface area contributed by atoms with Crippen LogP contribution in [0.15, 0.2) is 24.3 Å². The molecule has 1 aliphatic rings. The van der Waals surface area contributed by atoms with Crippen molar-refractivity contribution in [2.24, 2.45) is 0 Å². The fourth-order valence-electron chi connectivity index (χ4n) is 2.22. The zero-order valence-corrected chi connectivity index (χ0v) is 10.1. The van der Waals surface area contributed by atoms with E-state index in [0.717, 1.165) is 13.1 Å². The molecule has 5 nitrogen and oxygen atoms in total. The number of nitro benzene ring substituents is 1. The van der Waals surface area contributed by atoms with Crippen LogP contribution in [-0.4, -0.2) is 49.2 Å². The van der Waals surface area contributed by atoms with Crippen LogP contribution in [0.5, 0.6) is 0 Å². The van der Waals surface area contributed by atoms with E-state index in [1.54, 1.807) is 18.2 Å². The highest BCUT2D eigenvalue weighted by molar-refractivity contribution is 5.63. The summed E-state index contributed by atoms with van der Waals surface area (Å²) >= 11 is 0. The van der Waals surface area contributed by atoms with Gasteiger partial charge in [0, 0.05) is 38.8 Å². The van der Waals surface area contributed by atoms with Gasteiger partial charge in [0.15, 0.2) is 0 Å². The lowest BCUT2D eigenvalue weighted by molar-refractivity contribution is -0.384. The minimum atomic E-state index is -0.358. The van der Waals surface area contributed by atoms with Gasteiger partial charge in [-0.3, -0.25) is 15.0 Å². The van der Waals surface area contributed by atoms with E-state index >= 15 is 0 Å². The van der Waals surface area contributed by atoms with Crippen molar-refractivity contribution in [3.05, 3.63) is 34.4 Å². The summed E-state index contributed by atoms with van der Waals surface area (Å²) in [7, 11) is 0. The second-order valence-corrected chi connectivity index (χ2v) is 4.26. The second kappa shape index (κ2) is 5.77. The fraction of sp³-hybridized carbons (Fsp3) is 0.500. The third-order valence-electron chi connectivity index (χ3n) is 3.19. The number of benzene rings is 1. The number of nitro groups is 1. The van der Waals surface area contributed by atoms with E-state index < -0.39 is 0 Å². The van der Waals surface area contributed by atoms with Gasteiger partial charge in [-0.1, -0.05) is 12.1 Å². The maximum atomic E-state index is 12.2. The van der Waals surface area contributed by atoms with Gasteiger partial charge in [0.1, 0.15) is 12.4 Å². The van der Waals surface area contributed by atoms with Crippen LogP contribution in [0.3, 0.4) is 0 Å². The summed E-state index contributed by atoms with van der Waals surface area (Å²) in [6.07, 6.45) is 0. The van der Waals surface area contributed by atoms with E-state index in [0.29, 0.717) is 25.3 Å². The van der Waals surface area contributed by atoms with Gasteiger partial charge in [0.25, 0.3) is 5.69 Å². The van der Waals surface area contributed by atoms with E-state index in [-0.39, 0.29) is 17.3 Å². The maximum absolute atomic E-state index is 12.2. The largest absolute Gasteiger partial charge is 0.363 e. The Bertz CT molecular complexity index is 420. The molecule has 18 heavy (non-hydrogen) atoms. The molecule has 0 N–H and O–H groups in total. The minimum absolute atomic E-state index is 0.136. The normalized spacial score (nSPS) is 16.8. The van der Waals surface area contributed by atoms with Gasteiger partial charge in [0.05, 0.1) is 4.92 Å². The number of halogens is 1. The van der Waals surface area contributed by atoms with Crippen molar-refractivity contribution in [2.75, 3.05) is 44.3 Å². The first-order valence-corrected chi connectivity index (χ1v) is 5.99. The average molecular weight is 253 g/mol. The van der Waals surface area contributed by atoms with Crippen molar-refractivity contribution < 1.29 is 9.31 Å². The molecule has 2 rings (SSSR count). The van der Waals surface area contributed by atoms with Gasteiger partial charge < -0.3 is 4.90 Å². The number of alkyl halides is 1. The Morgan fingerprint density at radius 2 is 1.89 bits per heavy atom. The molecule has 0 spiro atoms. The zero-order valence-electron chi connectivity index (χ0n) is 10.1. The zero-order chi connectivity index (χ0) is 13.0. The smallest absolute Gasteiger partial charge is 0.292 e. The number of rotatable bonds is 4. The van der Waals surface area contributed by atoms with Crippen molar-refractivity contribution in [1.29, 1.82) is 0 Å². The Hall–Kier alpha value is -1.69. The van der Waals surface area contributed by atoms with Crippen LogP contribution in [0.2, 0.25) is 0 Å². The van der Waals surface area contributed by atoms with E-state index in [4.69, 9.17) is 0 Å². The highest BCUT2D eigenvalue weighted by atomic mass is 19.1. The van der Waals surface area contributed by atoms with Crippen molar-refractivity contribution in [3.8, 4) is 0 Å². The Morgan fingerprint density at radius 1 is 1.22 bits per heavy atom. The number of piperazine rings is 1. The number of hydrogen-bond donors (Lipinski definition) is 0. The van der Waals surface area contributed by atoms with E-state index in [1.807, 2.05) is 9.80 Å². The van der Waals surface area contributed by atoms with Crippen molar-refractivity contribution in [1.82, 2.24) is 4.90 Å². The van der Waals surface area contributed by atoms with Crippen molar-refractivity contribution in [3.63, 3.8) is 0 Å². The third-order valence-corrected chi connectivity index (χ3v) is 3.19. The van der Waals surface area contributed by atoms with Gasteiger partial charge in [-0.25, -0.2) is 4.39 Å². The van der Waals surface area contributed by atoms with Crippen LogP contribution in [0.4, 0.5) is 15.8 Å². The molecule has 0 saturated carbocycles. The van der Waals surface area contributed by atoms with Gasteiger partial charge in [-0.2, -0.15) is 0 Å². The SMILES string of the molecule is O=[N+]([O-])c1ccccc1N1CCN(CCF)CC1. The highest BCUT2D eigenvalue weighted by Gasteiger charge is 2.22. The monoisotopic (exact) mass is 253 g/mol. The van der Waals surface area contributed by atoms with Crippen LogP contribution >= 0.6 is 0 Å². The lowest BCUT2D eigenvalue weighted by Crippen LogP contribution is -2.47. The lowest BCUT2D eigenvalue weighted by Gasteiger charge is -2.35. The van der Waals surface area contributed by atoms with Crippen LogP contribution in [0.1, 0.15) is 0 Å². The number of anilines is 1. The molecular formula is C12H16FN3O2. The Labute approximate surface area is 105 Å². The summed E-state index contributed by atoms with van der Waals surface area (Å²) in [5.41, 5.74) is 0.791. The summed E-state index contributed by atoms with van der Waals surface area (Å²) in [5, 5.41) is 11.0. The van der Waals surface area contributed by atoms with E-state index in [1.165, 1.54) is 6.07 Å². The molecule has 0 aromatic heterocycles. The Kier molecular flexibility index (Phi) is 4.09. The molecular weight excluding hydrogens is 237 g/mol. The number of para-hydroxylation sites is 2. The Balaban J connectivity index is 2.07. The predicted molar refractivity (Wildman–Crippen MR) is 67.7 cm³/mol. The molecule has 1 heterocycles. The van der Waals surface area contributed by atoms with E-state index in [9.17, 15) is 14.5 Å². The summed E-state index contributed by atoms with van der Waals surface area (Å²) in [4.78, 5) is 14.6. The summed E-state index contributed by atoms with van der Waals surface area (Å²) < 4.78 is 12.2. The van der Waals surface area contributed by atoms with Gasteiger partial charge >= 0.3 is 0 Å². The molecule has 6 heteroatoms. The van der Waals surface area contributed by atoms with Crippen LogP contribution in [0, 0.1) is 10.1 Å². The summed E-state index contributed by atoms with van der Waals surface area (Å²) in [6, 6.07) is 6.75. The molecule has 0 unspecified atom stereocenters. The highest BCUT2D eigenvalue weighted by Crippen LogP contribution is 2.28. The Morgan fingerprint density at radius 3 is 2.50 bits per heavy atom. The molecule has 1 aromatic carbocycles. The van der Waals surface area contributed by atoms with Crippen LogP contribution in [-0.2, 0) is 0 Å². The molecule has 1 saturated heterocycles. The quantitative estimate of drug-likeness (QED) is 0.605. The van der Waals surface area contributed by atoms with Crippen molar-refractivity contribution in [2.45, 2.75) is 0 Å². The molecule has 0 aliphatic carbocycles. The first-order chi connectivity index (χ1) is 8.72. The number of hydrogen-bond acceptors (Lipinski definition) is 4. The first kappa shape index (κ1) is 12.8. The minimum Gasteiger partial charge on any atom is -0.363 e. The standard InChI is InChI=1S/C12H16FN3O2/c13-5-6-14-7-9-15(10-8-14)11-3-1-2-4-12(11)16(17)18/h1-4H,5-10H2. The summed E-state index contributed by atoms with van der Waals surface area (Å²) in [6.45, 7) is 3.00. The molecule has 98 valence electrons. The molecule has 0 bridgehead atoms. The van der Waals surface area contributed by atoms with Gasteiger partial charge in [0.2, 0.25) is 0 Å². The van der Waals surface area contributed by atoms with Gasteiger partial charge in [-0.05, 0) is 6.07 Å². The molecule has 0 atom stereocenters. The molecule has 1 fully saturated rings. The number of nitrogens with zero attached hydrogens (tertiary/aromatic N) is 3. The van der Waals surface area contributed by atoms with Crippen LogP contribution < -0.4 is 4.90 Å². The predicted octanol–water partition coefficient (Wildman–Crippen LogP) is 1.69. The molecule has 0 amide bonds. The van der Waals surface area contributed by atoms with E-state index in [2.05, 4.69) is 0 Å².